The second kappa shape index (κ2) is 8.40. The van der Waals surface area contributed by atoms with Gasteiger partial charge in [0.05, 0.1) is 13.7 Å². The zero-order valence-corrected chi connectivity index (χ0v) is 16.0. The summed E-state index contributed by atoms with van der Waals surface area (Å²) in [6.07, 6.45) is 2.10. The first-order valence-corrected chi connectivity index (χ1v) is 9.22. The van der Waals surface area contributed by atoms with Gasteiger partial charge in [0, 0.05) is 10.9 Å². The van der Waals surface area contributed by atoms with E-state index in [1.807, 2.05) is 42.5 Å². The Balaban J connectivity index is 2.00. The lowest BCUT2D eigenvalue weighted by Gasteiger charge is -2.29. The first-order valence-electron chi connectivity index (χ1n) is 8.84. The number of ether oxygens (including phenoxy) is 2. The van der Waals surface area contributed by atoms with E-state index in [-0.39, 0.29) is 18.3 Å². The van der Waals surface area contributed by atoms with Crippen LogP contribution in [0.4, 0.5) is 0 Å². The normalized spacial score (nSPS) is 19.4. The summed E-state index contributed by atoms with van der Waals surface area (Å²) in [4.78, 5) is 25.3. The fourth-order valence-electron chi connectivity index (χ4n) is 3.44. The topological polar surface area (TPSA) is 52.6 Å². The minimum Gasteiger partial charge on any atom is -0.497 e. The molecule has 0 saturated carbocycles. The lowest BCUT2D eigenvalue weighted by atomic mass is 9.73. The highest BCUT2D eigenvalue weighted by Gasteiger charge is 2.39. The number of hydrogen-bond acceptors (Lipinski definition) is 4. The second-order valence-electron chi connectivity index (χ2n) is 6.40. The van der Waals surface area contributed by atoms with Crippen molar-refractivity contribution in [3.63, 3.8) is 0 Å². The van der Waals surface area contributed by atoms with Crippen LogP contribution in [0.2, 0.25) is 5.02 Å². The Labute approximate surface area is 163 Å². The van der Waals surface area contributed by atoms with Gasteiger partial charge in [-0.25, -0.2) is 0 Å². The summed E-state index contributed by atoms with van der Waals surface area (Å²) in [5.41, 5.74) is 2.67. The maximum atomic E-state index is 12.9. The Morgan fingerprint density at radius 2 is 1.93 bits per heavy atom. The SMILES string of the molecule is CCOC(=O)[C@H]1C(=O)C=C(c2ccc(OC)cc2)C[C@H]1c1cccc(Cl)c1. The molecule has 1 aliphatic carbocycles. The summed E-state index contributed by atoms with van der Waals surface area (Å²) in [6.45, 7) is 1.97. The number of carbonyl (C=O) groups excluding carboxylic acids is 2. The van der Waals surface area contributed by atoms with Gasteiger partial charge in [-0.05, 0) is 60.4 Å². The molecule has 1 aliphatic rings. The highest BCUT2D eigenvalue weighted by atomic mass is 35.5. The quantitative estimate of drug-likeness (QED) is 0.555. The van der Waals surface area contributed by atoms with Crippen LogP contribution in [-0.4, -0.2) is 25.5 Å². The van der Waals surface area contributed by atoms with Crippen molar-refractivity contribution >= 4 is 28.9 Å². The van der Waals surface area contributed by atoms with Gasteiger partial charge in [-0.1, -0.05) is 35.9 Å². The summed E-state index contributed by atoms with van der Waals surface area (Å²) >= 11 is 6.15. The van der Waals surface area contributed by atoms with E-state index in [1.54, 1.807) is 26.2 Å². The number of halogens is 1. The molecule has 0 fully saturated rings. The van der Waals surface area contributed by atoms with Crippen molar-refractivity contribution in [3.8, 4) is 5.75 Å². The number of hydrogen-bond donors (Lipinski definition) is 0. The predicted molar refractivity (Wildman–Crippen MR) is 105 cm³/mol. The molecule has 2 atom stereocenters. The van der Waals surface area contributed by atoms with E-state index in [0.717, 1.165) is 22.4 Å². The third kappa shape index (κ3) is 4.22. The lowest BCUT2D eigenvalue weighted by molar-refractivity contribution is -0.151. The standard InChI is InChI=1S/C22H21ClO4/c1-3-27-22(25)21-19(15-5-4-6-17(23)11-15)12-16(13-20(21)24)14-7-9-18(26-2)10-8-14/h4-11,13,19,21H,3,12H2,1-2H3/t19-,21+/m0/s1. The Morgan fingerprint density at radius 3 is 2.56 bits per heavy atom. The molecule has 0 amide bonds. The first-order chi connectivity index (χ1) is 13.0. The number of rotatable bonds is 5. The third-order valence-electron chi connectivity index (χ3n) is 4.74. The fourth-order valence-corrected chi connectivity index (χ4v) is 3.64. The zero-order valence-electron chi connectivity index (χ0n) is 15.3. The van der Waals surface area contributed by atoms with Crippen molar-refractivity contribution < 1.29 is 19.1 Å². The molecule has 0 unspecified atom stereocenters. The summed E-state index contributed by atoms with van der Waals surface area (Å²) in [7, 11) is 1.61. The van der Waals surface area contributed by atoms with Crippen LogP contribution in [0.15, 0.2) is 54.6 Å². The molecule has 0 bridgehead atoms. The van der Waals surface area contributed by atoms with Gasteiger partial charge in [-0.3, -0.25) is 9.59 Å². The fraction of sp³-hybridized carbons (Fsp3) is 0.273. The van der Waals surface area contributed by atoms with Gasteiger partial charge < -0.3 is 9.47 Å². The summed E-state index contributed by atoms with van der Waals surface area (Å²) in [5, 5.41) is 0.572. The van der Waals surface area contributed by atoms with Crippen LogP contribution in [0.1, 0.15) is 30.4 Å². The Morgan fingerprint density at radius 1 is 1.19 bits per heavy atom. The minimum absolute atomic E-state index is 0.236. The molecule has 0 aromatic heterocycles. The molecule has 3 rings (SSSR count). The Hall–Kier alpha value is -2.59. The number of ketones is 1. The molecule has 0 aliphatic heterocycles. The number of allylic oxidation sites excluding steroid dienone is 2. The van der Waals surface area contributed by atoms with Gasteiger partial charge >= 0.3 is 5.97 Å². The van der Waals surface area contributed by atoms with Crippen LogP contribution < -0.4 is 4.74 Å². The molecular formula is C22H21ClO4. The van der Waals surface area contributed by atoms with Crippen molar-refractivity contribution in [2.24, 2.45) is 5.92 Å². The molecule has 0 radical (unpaired) electrons. The monoisotopic (exact) mass is 384 g/mol. The molecule has 0 saturated heterocycles. The first kappa shape index (κ1) is 19.2. The van der Waals surface area contributed by atoms with Gasteiger partial charge in [0.25, 0.3) is 0 Å². The molecule has 5 heteroatoms. The molecule has 140 valence electrons. The van der Waals surface area contributed by atoms with Crippen molar-refractivity contribution in [2.45, 2.75) is 19.3 Å². The van der Waals surface area contributed by atoms with Gasteiger partial charge in [0.2, 0.25) is 0 Å². The smallest absolute Gasteiger partial charge is 0.317 e. The molecule has 27 heavy (non-hydrogen) atoms. The van der Waals surface area contributed by atoms with Crippen LogP contribution in [-0.2, 0) is 14.3 Å². The lowest BCUT2D eigenvalue weighted by Crippen LogP contribution is -2.34. The molecular weight excluding hydrogens is 364 g/mol. The summed E-state index contributed by atoms with van der Waals surface area (Å²) in [5.74, 6) is -1.16. The van der Waals surface area contributed by atoms with Crippen molar-refractivity contribution in [1.29, 1.82) is 0 Å². The average Bonchev–Trinajstić information content (AvgIpc) is 2.67. The van der Waals surface area contributed by atoms with Crippen LogP contribution >= 0.6 is 11.6 Å². The largest absolute Gasteiger partial charge is 0.497 e. The van der Waals surface area contributed by atoms with E-state index in [4.69, 9.17) is 21.1 Å². The van der Waals surface area contributed by atoms with E-state index in [1.165, 1.54) is 0 Å². The average molecular weight is 385 g/mol. The highest BCUT2D eigenvalue weighted by Crippen LogP contribution is 2.41. The van der Waals surface area contributed by atoms with Gasteiger partial charge in [0.15, 0.2) is 5.78 Å². The van der Waals surface area contributed by atoms with Crippen molar-refractivity contribution in [2.75, 3.05) is 13.7 Å². The molecule has 0 N–H and O–H groups in total. The predicted octanol–water partition coefficient (Wildman–Crippen LogP) is 4.67. The van der Waals surface area contributed by atoms with E-state index >= 15 is 0 Å². The second-order valence-corrected chi connectivity index (χ2v) is 6.83. The maximum absolute atomic E-state index is 12.9. The minimum atomic E-state index is -0.856. The highest BCUT2D eigenvalue weighted by molar-refractivity contribution is 6.30. The molecule has 0 heterocycles. The van der Waals surface area contributed by atoms with Crippen LogP contribution in [0.25, 0.3) is 5.57 Å². The number of methoxy groups -OCH3 is 1. The molecule has 2 aromatic carbocycles. The summed E-state index contributed by atoms with van der Waals surface area (Å²) in [6, 6.07) is 14.8. The number of carbonyl (C=O) groups is 2. The number of esters is 1. The van der Waals surface area contributed by atoms with Gasteiger partial charge in [-0.2, -0.15) is 0 Å². The third-order valence-corrected chi connectivity index (χ3v) is 4.98. The number of benzene rings is 2. The van der Waals surface area contributed by atoms with E-state index < -0.39 is 11.9 Å². The summed E-state index contributed by atoms with van der Waals surface area (Å²) < 4.78 is 10.4. The van der Waals surface area contributed by atoms with Crippen molar-refractivity contribution in [1.82, 2.24) is 0 Å². The van der Waals surface area contributed by atoms with Gasteiger partial charge in [-0.15, -0.1) is 0 Å². The molecule has 2 aromatic rings. The zero-order chi connectivity index (χ0) is 19.4. The van der Waals surface area contributed by atoms with Crippen LogP contribution in [0.3, 0.4) is 0 Å². The van der Waals surface area contributed by atoms with E-state index in [2.05, 4.69) is 0 Å². The van der Waals surface area contributed by atoms with Crippen LogP contribution in [0.5, 0.6) is 5.75 Å². The maximum Gasteiger partial charge on any atom is 0.317 e. The van der Waals surface area contributed by atoms with E-state index in [0.29, 0.717) is 11.4 Å². The van der Waals surface area contributed by atoms with Crippen molar-refractivity contribution in [3.05, 3.63) is 70.8 Å². The molecule has 4 nitrogen and oxygen atoms in total. The van der Waals surface area contributed by atoms with Crippen LogP contribution in [0, 0.1) is 5.92 Å². The van der Waals surface area contributed by atoms with E-state index in [9.17, 15) is 9.59 Å². The van der Waals surface area contributed by atoms with Gasteiger partial charge in [0.1, 0.15) is 11.7 Å². The Kier molecular flexibility index (Phi) is 5.97. The Bertz CT molecular complexity index is 870. The molecule has 0 spiro atoms.